The number of hydrogen-bond donors (Lipinski definition) is 1. The van der Waals surface area contributed by atoms with Crippen LogP contribution in [0.15, 0.2) is 12.3 Å². The van der Waals surface area contributed by atoms with Crippen LogP contribution in [0.4, 0.5) is 5.82 Å². The second-order valence-electron chi connectivity index (χ2n) is 3.72. The van der Waals surface area contributed by atoms with E-state index in [4.69, 9.17) is 10.5 Å². The molecule has 1 heterocycles. The molecule has 0 aliphatic rings. The SMILES string of the molecule is COC(C)(C)CCn1ccc(N)n1. The van der Waals surface area contributed by atoms with Crippen LogP contribution in [0.25, 0.3) is 0 Å². The van der Waals surface area contributed by atoms with Crippen LogP contribution in [0.2, 0.25) is 0 Å². The minimum atomic E-state index is -0.0965. The number of methoxy groups -OCH3 is 1. The average molecular weight is 183 g/mol. The first-order valence-corrected chi connectivity index (χ1v) is 4.37. The van der Waals surface area contributed by atoms with E-state index in [1.54, 1.807) is 13.2 Å². The number of anilines is 1. The van der Waals surface area contributed by atoms with Crippen molar-refractivity contribution in [1.29, 1.82) is 0 Å². The van der Waals surface area contributed by atoms with Crippen LogP contribution in [0.3, 0.4) is 0 Å². The summed E-state index contributed by atoms with van der Waals surface area (Å²) in [6.45, 7) is 4.94. The zero-order valence-electron chi connectivity index (χ0n) is 8.45. The molecule has 0 aliphatic heterocycles. The molecule has 0 fully saturated rings. The Morgan fingerprint density at radius 1 is 1.62 bits per heavy atom. The van der Waals surface area contributed by atoms with E-state index >= 15 is 0 Å². The molecule has 0 amide bonds. The van der Waals surface area contributed by atoms with Crippen molar-refractivity contribution in [2.75, 3.05) is 12.8 Å². The standard InChI is InChI=1S/C9H17N3O/c1-9(2,13-3)5-7-12-6-4-8(10)11-12/h4,6H,5,7H2,1-3H3,(H2,10,11). The highest BCUT2D eigenvalue weighted by Crippen LogP contribution is 2.13. The molecule has 4 nitrogen and oxygen atoms in total. The third-order valence-corrected chi connectivity index (χ3v) is 2.16. The van der Waals surface area contributed by atoms with Crippen molar-refractivity contribution in [2.24, 2.45) is 0 Å². The summed E-state index contributed by atoms with van der Waals surface area (Å²) in [5.74, 6) is 0.565. The van der Waals surface area contributed by atoms with Crippen LogP contribution in [-0.4, -0.2) is 22.5 Å². The lowest BCUT2D eigenvalue weighted by molar-refractivity contribution is 0.0113. The molecule has 0 unspecified atom stereocenters. The smallest absolute Gasteiger partial charge is 0.145 e. The van der Waals surface area contributed by atoms with Gasteiger partial charge in [0.05, 0.1) is 5.60 Å². The molecule has 1 rings (SSSR count). The summed E-state index contributed by atoms with van der Waals surface area (Å²) in [4.78, 5) is 0. The van der Waals surface area contributed by atoms with E-state index in [-0.39, 0.29) is 5.60 Å². The van der Waals surface area contributed by atoms with Gasteiger partial charge in [-0.1, -0.05) is 0 Å². The molecule has 2 N–H and O–H groups in total. The number of ether oxygens (including phenoxy) is 1. The van der Waals surface area contributed by atoms with Crippen molar-refractivity contribution in [2.45, 2.75) is 32.4 Å². The van der Waals surface area contributed by atoms with E-state index < -0.39 is 0 Å². The first kappa shape index (κ1) is 10.1. The van der Waals surface area contributed by atoms with Crippen LogP contribution in [-0.2, 0) is 11.3 Å². The van der Waals surface area contributed by atoms with Crippen LogP contribution in [0.1, 0.15) is 20.3 Å². The zero-order valence-corrected chi connectivity index (χ0v) is 8.45. The van der Waals surface area contributed by atoms with Gasteiger partial charge in [0.2, 0.25) is 0 Å². The Morgan fingerprint density at radius 3 is 2.77 bits per heavy atom. The summed E-state index contributed by atoms with van der Waals surface area (Å²) >= 11 is 0. The van der Waals surface area contributed by atoms with Crippen LogP contribution in [0.5, 0.6) is 0 Å². The van der Waals surface area contributed by atoms with Gasteiger partial charge in [0.25, 0.3) is 0 Å². The summed E-state index contributed by atoms with van der Waals surface area (Å²) in [6, 6.07) is 1.79. The van der Waals surface area contributed by atoms with Gasteiger partial charge < -0.3 is 10.5 Å². The van der Waals surface area contributed by atoms with Crippen molar-refractivity contribution >= 4 is 5.82 Å². The Balaban J connectivity index is 2.43. The lowest BCUT2D eigenvalue weighted by Crippen LogP contribution is -2.24. The molecule has 0 spiro atoms. The van der Waals surface area contributed by atoms with E-state index in [0.29, 0.717) is 5.82 Å². The lowest BCUT2D eigenvalue weighted by atomic mass is 10.1. The molecule has 0 atom stereocenters. The van der Waals surface area contributed by atoms with Crippen LogP contribution in [0, 0.1) is 0 Å². The molecular weight excluding hydrogens is 166 g/mol. The van der Waals surface area contributed by atoms with Gasteiger partial charge in [0, 0.05) is 19.9 Å². The zero-order chi connectivity index (χ0) is 9.90. The third-order valence-electron chi connectivity index (χ3n) is 2.16. The number of nitrogens with zero attached hydrogens (tertiary/aromatic N) is 2. The Bertz CT molecular complexity index is 268. The Hall–Kier alpha value is -1.03. The Morgan fingerprint density at radius 2 is 2.31 bits per heavy atom. The minimum absolute atomic E-state index is 0.0965. The molecule has 74 valence electrons. The Kier molecular flexibility index (Phi) is 2.93. The van der Waals surface area contributed by atoms with E-state index in [1.807, 2.05) is 10.9 Å². The molecule has 0 radical (unpaired) electrons. The summed E-state index contributed by atoms with van der Waals surface area (Å²) in [6.07, 6.45) is 2.80. The first-order valence-electron chi connectivity index (χ1n) is 4.37. The minimum Gasteiger partial charge on any atom is -0.382 e. The maximum Gasteiger partial charge on any atom is 0.145 e. The number of aryl methyl sites for hydroxylation is 1. The van der Waals surface area contributed by atoms with Gasteiger partial charge in [-0.05, 0) is 26.3 Å². The van der Waals surface area contributed by atoms with Crippen molar-refractivity contribution in [3.63, 3.8) is 0 Å². The van der Waals surface area contributed by atoms with E-state index in [9.17, 15) is 0 Å². The number of aromatic nitrogens is 2. The van der Waals surface area contributed by atoms with E-state index in [2.05, 4.69) is 18.9 Å². The number of rotatable bonds is 4. The summed E-state index contributed by atoms with van der Waals surface area (Å²) < 4.78 is 7.12. The van der Waals surface area contributed by atoms with Gasteiger partial charge >= 0.3 is 0 Å². The van der Waals surface area contributed by atoms with Gasteiger partial charge in [0.15, 0.2) is 0 Å². The molecule has 1 aromatic rings. The number of hydrogen-bond acceptors (Lipinski definition) is 3. The molecular formula is C9H17N3O. The van der Waals surface area contributed by atoms with Crippen LogP contribution >= 0.6 is 0 Å². The molecule has 0 aromatic carbocycles. The normalized spacial score (nSPS) is 11.9. The highest BCUT2D eigenvalue weighted by molar-refractivity contribution is 5.23. The van der Waals surface area contributed by atoms with E-state index in [0.717, 1.165) is 13.0 Å². The van der Waals surface area contributed by atoms with Gasteiger partial charge in [-0.2, -0.15) is 5.10 Å². The predicted molar refractivity (Wildman–Crippen MR) is 52.3 cm³/mol. The fourth-order valence-electron chi connectivity index (χ4n) is 0.988. The monoisotopic (exact) mass is 183 g/mol. The third kappa shape index (κ3) is 3.06. The summed E-state index contributed by atoms with van der Waals surface area (Å²) in [5.41, 5.74) is 5.39. The second kappa shape index (κ2) is 3.79. The van der Waals surface area contributed by atoms with Crippen molar-refractivity contribution in [3.05, 3.63) is 12.3 Å². The van der Waals surface area contributed by atoms with Gasteiger partial charge in [-0.25, -0.2) is 0 Å². The predicted octanol–water partition coefficient (Wildman–Crippen LogP) is 1.28. The van der Waals surface area contributed by atoms with Gasteiger partial charge in [-0.3, -0.25) is 4.68 Å². The van der Waals surface area contributed by atoms with Crippen molar-refractivity contribution in [3.8, 4) is 0 Å². The van der Waals surface area contributed by atoms with Gasteiger partial charge in [-0.15, -0.1) is 0 Å². The largest absolute Gasteiger partial charge is 0.382 e. The highest BCUT2D eigenvalue weighted by atomic mass is 16.5. The molecule has 13 heavy (non-hydrogen) atoms. The molecule has 0 bridgehead atoms. The van der Waals surface area contributed by atoms with E-state index in [1.165, 1.54) is 0 Å². The summed E-state index contributed by atoms with van der Waals surface area (Å²) in [7, 11) is 1.72. The molecule has 0 saturated heterocycles. The Labute approximate surface area is 78.7 Å². The fraction of sp³-hybridized carbons (Fsp3) is 0.667. The van der Waals surface area contributed by atoms with Crippen LogP contribution < -0.4 is 5.73 Å². The molecule has 1 aromatic heterocycles. The fourth-order valence-corrected chi connectivity index (χ4v) is 0.988. The number of nitrogens with two attached hydrogens (primary N) is 1. The van der Waals surface area contributed by atoms with Gasteiger partial charge in [0.1, 0.15) is 5.82 Å². The summed E-state index contributed by atoms with van der Waals surface area (Å²) in [5, 5.41) is 4.09. The van der Waals surface area contributed by atoms with Crippen molar-refractivity contribution < 1.29 is 4.74 Å². The number of nitrogen functional groups attached to an aromatic ring is 1. The topological polar surface area (TPSA) is 53.1 Å². The quantitative estimate of drug-likeness (QED) is 0.765. The highest BCUT2D eigenvalue weighted by Gasteiger charge is 2.15. The van der Waals surface area contributed by atoms with Crippen molar-refractivity contribution in [1.82, 2.24) is 9.78 Å². The maximum atomic E-state index is 5.49. The molecule has 4 heteroatoms. The first-order chi connectivity index (χ1) is 6.03. The second-order valence-corrected chi connectivity index (χ2v) is 3.72. The average Bonchev–Trinajstić information content (AvgIpc) is 2.48. The lowest BCUT2D eigenvalue weighted by Gasteiger charge is -2.22. The maximum absolute atomic E-state index is 5.49. The molecule has 0 aliphatic carbocycles. The molecule has 0 saturated carbocycles.